The Balaban J connectivity index is 1.63. The van der Waals surface area contributed by atoms with Crippen molar-refractivity contribution >= 4 is 40.8 Å². The van der Waals surface area contributed by atoms with Gasteiger partial charge in [-0.3, -0.25) is 4.79 Å². The van der Waals surface area contributed by atoms with Gasteiger partial charge in [-0.1, -0.05) is 62.2 Å². The Morgan fingerprint density at radius 1 is 0.939 bits per heavy atom. The van der Waals surface area contributed by atoms with Crippen molar-refractivity contribution in [3.8, 4) is 11.5 Å². The first-order valence-electron chi connectivity index (χ1n) is 10.4. The Morgan fingerprint density at radius 2 is 1.61 bits per heavy atom. The molecular weight excluding hydrogens is 461 g/mol. The average Bonchev–Trinajstić information content (AvgIpc) is 2.76. The molecule has 0 saturated heterocycles. The molecule has 0 saturated carbocycles. The SMILES string of the molecule is CC(Oc1ccccc1C(C)(C)C)C(=O)Oc1ccc(C(=O)Nc2cc(Cl)ccc2Cl)cc1. The summed E-state index contributed by atoms with van der Waals surface area (Å²) in [6.45, 7) is 7.88. The number of anilines is 1. The predicted octanol–water partition coefficient (Wildman–Crippen LogP) is 6.92. The Kier molecular flexibility index (Phi) is 7.67. The second kappa shape index (κ2) is 10.3. The molecule has 0 aliphatic heterocycles. The molecule has 3 aromatic rings. The highest BCUT2D eigenvalue weighted by Gasteiger charge is 2.23. The number of amides is 1. The van der Waals surface area contributed by atoms with Gasteiger partial charge < -0.3 is 14.8 Å². The first-order valence-corrected chi connectivity index (χ1v) is 11.1. The van der Waals surface area contributed by atoms with Gasteiger partial charge in [0.1, 0.15) is 11.5 Å². The number of halogens is 2. The quantitative estimate of drug-likeness (QED) is 0.304. The lowest BCUT2D eigenvalue weighted by molar-refractivity contribution is -0.141. The minimum Gasteiger partial charge on any atom is -0.479 e. The van der Waals surface area contributed by atoms with Crippen molar-refractivity contribution in [2.75, 3.05) is 5.32 Å². The molecule has 0 radical (unpaired) electrons. The number of para-hydroxylation sites is 1. The van der Waals surface area contributed by atoms with Crippen molar-refractivity contribution in [2.45, 2.75) is 39.2 Å². The van der Waals surface area contributed by atoms with E-state index in [1.165, 1.54) is 0 Å². The topological polar surface area (TPSA) is 64.6 Å². The van der Waals surface area contributed by atoms with Gasteiger partial charge in [0.15, 0.2) is 6.10 Å². The molecule has 3 rings (SSSR count). The summed E-state index contributed by atoms with van der Waals surface area (Å²) in [5.74, 6) is 0.0344. The van der Waals surface area contributed by atoms with E-state index in [0.29, 0.717) is 32.8 Å². The molecular formula is C26H25Cl2NO4. The van der Waals surface area contributed by atoms with E-state index in [1.807, 2.05) is 24.3 Å². The highest BCUT2D eigenvalue weighted by Crippen LogP contribution is 2.32. The smallest absolute Gasteiger partial charge is 0.352 e. The molecule has 0 fully saturated rings. The van der Waals surface area contributed by atoms with E-state index < -0.39 is 12.1 Å². The normalized spacial score (nSPS) is 12.1. The van der Waals surface area contributed by atoms with E-state index in [-0.39, 0.29) is 11.3 Å². The van der Waals surface area contributed by atoms with Crippen molar-refractivity contribution in [1.82, 2.24) is 0 Å². The molecule has 172 valence electrons. The van der Waals surface area contributed by atoms with Crippen molar-refractivity contribution in [3.05, 3.63) is 87.9 Å². The number of nitrogens with one attached hydrogen (secondary N) is 1. The van der Waals surface area contributed by atoms with Crippen molar-refractivity contribution < 1.29 is 19.1 Å². The van der Waals surface area contributed by atoms with Gasteiger partial charge in [-0.15, -0.1) is 0 Å². The number of carbonyl (C=O) groups is 2. The number of esters is 1. The van der Waals surface area contributed by atoms with Crippen LogP contribution in [0.25, 0.3) is 0 Å². The Morgan fingerprint density at radius 3 is 2.27 bits per heavy atom. The molecule has 1 amide bonds. The lowest BCUT2D eigenvalue weighted by Crippen LogP contribution is -2.29. The van der Waals surface area contributed by atoms with Crippen LogP contribution < -0.4 is 14.8 Å². The number of rotatable bonds is 6. The van der Waals surface area contributed by atoms with Crippen LogP contribution in [0.2, 0.25) is 10.0 Å². The third-order valence-electron chi connectivity index (χ3n) is 4.84. The maximum absolute atomic E-state index is 12.6. The monoisotopic (exact) mass is 485 g/mol. The van der Waals surface area contributed by atoms with E-state index in [9.17, 15) is 9.59 Å². The predicted molar refractivity (Wildman–Crippen MR) is 132 cm³/mol. The zero-order valence-corrected chi connectivity index (χ0v) is 20.3. The van der Waals surface area contributed by atoms with Gasteiger partial charge in [0.05, 0.1) is 10.7 Å². The second-order valence-electron chi connectivity index (χ2n) is 8.53. The Hall–Kier alpha value is -3.02. The van der Waals surface area contributed by atoms with E-state index in [2.05, 4.69) is 26.1 Å². The minimum atomic E-state index is -0.818. The summed E-state index contributed by atoms with van der Waals surface area (Å²) >= 11 is 12.0. The molecule has 0 aliphatic carbocycles. The molecule has 0 bridgehead atoms. The highest BCUT2D eigenvalue weighted by atomic mass is 35.5. The summed E-state index contributed by atoms with van der Waals surface area (Å²) < 4.78 is 11.3. The third kappa shape index (κ3) is 6.50. The fraction of sp³-hybridized carbons (Fsp3) is 0.231. The number of carbonyl (C=O) groups excluding carboxylic acids is 2. The molecule has 0 heterocycles. The lowest BCUT2D eigenvalue weighted by Gasteiger charge is -2.24. The van der Waals surface area contributed by atoms with Gasteiger partial charge in [-0.05, 0) is 66.4 Å². The third-order valence-corrected chi connectivity index (χ3v) is 5.41. The van der Waals surface area contributed by atoms with Gasteiger partial charge in [0.2, 0.25) is 0 Å². The average molecular weight is 486 g/mol. The Bertz CT molecular complexity index is 1150. The molecule has 0 spiro atoms. The number of hydrogen-bond donors (Lipinski definition) is 1. The highest BCUT2D eigenvalue weighted by molar-refractivity contribution is 6.35. The zero-order chi connectivity index (χ0) is 24.2. The molecule has 7 heteroatoms. The number of hydrogen-bond acceptors (Lipinski definition) is 4. The van der Waals surface area contributed by atoms with Gasteiger partial charge in [-0.2, -0.15) is 0 Å². The first kappa shape index (κ1) is 24.6. The first-order chi connectivity index (χ1) is 15.5. The molecule has 33 heavy (non-hydrogen) atoms. The summed E-state index contributed by atoms with van der Waals surface area (Å²) in [5.41, 5.74) is 1.65. The van der Waals surface area contributed by atoms with Crippen LogP contribution >= 0.6 is 23.2 Å². The molecule has 3 aromatic carbocycles. The maximum atomic E-state index is 12.6. The van der Waals surface area contributed by atoms with Gasteiger partial charge >= 0.3 is 5.97 Å². The van der Waals surface area contributed by atoms with Crippen molar-refractivity contribution in [3.63, 3.8) is 0 Å². The number of ether oxygens (including phenoxy) is 2. The number of benzene rings is 3. The van der Waals surface area contributed by atoms with Crippen LogP contribution in [0.4, 0.5) is 5.69 Å². The van der Waals surface area contributed by atoms with Crippen LogP contribution in [0, 0.1) is 0 Å². The van der Waals surface area contributed by atoms with E-state index >= 15 is 0 Å². The minimum absolute atomic E-state index is 0.133. The molecule has 1 unspecified atom stereocenters. The van der Waals surface area contributed by atoms with Gasteiger partial charge in [-0.25, -0.2) is 4.79 Å². The van der Waals surface area contributed by atoms with E-state index in [4.69, 9.17) is 32.7 Å². The van der Waals surface area contributed by atoms with Gasteiger partial charge in [0, 0.05) is 10.6 Å². The lowest BCUT2D eigenvalue weighted by atomic mass is 9.86. The van der Waals surface area contributed by atoms with Crippen LogP contribution in [0.15, 0.2) is 66.7 Å². The van der Waals surface area contributed by atoms with Crippen LogP contribution in [-0.4, -0.2) is 18.0 Å². The fourth-order valence-corrected chi connectivity index (χ4v) is 3.43. The largest absolute Gasteiger partial charge is 0.479 e. The van der Waals surface area contributed by atoms with Crippen molar-refractivity contribution in [1.29, 1.82) is 0 Å². The molecule has 0 aliphatic rings. The van der Waals surface area contributed by atoms with Crippen LogP contribution in [0.3, 0.4) is 0 Å². The maximum Gasteiger partial charge on any atom is 0.352 e. The fourth-order valence-electron chi connectivity index (χ4n) is 3.09. The molecule has 0 aromatic heterocycles. The summed E-state index contributed by atoms with van der Waals surface area (Å²) in [6.07, 6.45) is -0.818. The molecule has 1 N–H and O–H groups in total. The van der Waals surface area contributed by atoms with Crippen molar-refractivity contribution in [2.24, 2.45) is 0 Å². The van der Waals surface area contributed by atoms with E-state index in [1.54, 1.807) is 49.4 Å². The summed E-state index contributed by atoms with van der Waals surface area (Å²) in [5, 5.41) is 3.54. The summed E-state index contributed by atoms with van der Waals surface area (Å²) in [4.78, 5) is 25.0. The van der Waals surface area contributed by atoms with E-state index in [0.717, 1.165) is 5.56 Å². The van der Waals surface area contributed by atoms with Gasteiger partial charge in [0.25, 0.3) is 5.91 Å². The Labute approximate surface area is 203 Å². The van der Waals surface area contributed by atoms with Crippen LogP contribution in [0.1, 0.15) is 43.6 Å². The van der Waals surface area contributed by atoms with Crippen LogP contribution in [-0.2, 0) is 10.2 Å². The van der Waals surface area contributed by atoms with Crippen LogP contribution in [0.5, 0.6) is 11.5 Å². The standard InChI is InChI=1S/C26H25Cl2NO4/c1-16(32-23-8-6-5-7-20(23)26(2,3)4)25(31)33-19-12-9-17(10-13-19)24(30)29-22-15-18(27)11-14-21(22)28/h5-16H,1-4H3,(H,29,30). The summed E-state index contributed by atoms with van der Waals surface area (Å²) in [7, 11) is 0. The second-order valence-corrected chi connectivity index (χ2v) is 9.37. The summed E-state index contributed by atoms with van der Waals surface area (Å²) in [6, 6.07) is 18.6. The molecule has 1 atom stereocenters. The zero-order valence-electron chi connectivity index (χ0n) is 18.8. The molecule has 5 nitrogen and oxygen atoms in total.